The van der Waals surface area contributed by atoms with E-state index < -0.39 is 0 Å². The molecule has 0 saturated heterocycles. The SMILES string of the molecule is Clc1ccc(Br)cc1NCc1cccc(C2CC2)c1. The highest BCUT2D eigenvalue weighted by molar-refractivity contribution is 9.10. The second-order valence-electron chi connectivity index (χ2n) is 5.00. The molecule has 0 radical (unpaired) electrons. The van der Waals surface area contributed by atoms with Gasteiger partial charge in [0.25, 0.3) is 0 Å². The van der Waals surface area contributed by atoms with Crippen LogP contribution >= 0.6 is 27.5 Å². The standard InChI is InChI=1S/C16H15BrClN/c17-14-6-7-15(18)16(9-14)19-10-11-2-1-3-13(8-11)12-4-5-12/h1-3,6-9,12,19H,4-5,10H2. The predicted molar refractivity (Wildman–Crippen MR) is 84.9 cm³/mol. The summed E-state index contributed by atoms with van der Waals surface area (Å²) in [6, 6.07) is 14.7. The number of benzene rings is 2. The van der Waals surface area contributed by atoms with Crippen LogP contribution in [0.4, 0.5) is 5.69 Å². The molecule has 0 heterocycles. The van der Waals surface area contributed by atoms with Crippen LogP contribution in [0.1, 0.15) is 29.9 Å². The van der Waals surface area contributed by atoms with Gasteiger partial charge in [-0.05, 0) is 48.1 Å². The maximum atomic E-state index is 6.17. The molecule has 0 spiro atoms. The van der Waals surface area contributed by atoms with Crippen molar-refractivity contribution in [1.82, 2.24) is 0 Å². The van der Waals surface area contributed by atoms with Crippen LogP contribution < -0.4 is 5.32 Å². The van der Waals surface area contributed by atoms with Gasteiger partial charge in [-0.3, -0.25) is 0 Å². The van der Waals surface area contributed by atoms with Crippen LogP contribution in [0.3, 0.4) is 0 Å². The van der Waals surface area contributed by atoms with Crippen molar-refractivity contribution in [3.8, 4) is 0 Å². The van der Waals surface area contributed by atoms with Crippen LogP contribution in [0.2, 0.25) is 5.02 Å². The summed E-state index contributed by atoms with van der Waals surface area (Å²) in [6.07, 6.45) is 2.68. The van der Waals surface area contributed by atoms with Gasteiger partial charge >= 0.3 is 0 Å². The highest BCUT2D eigenvalue weighted by atomic mass is 79.9. The van der Waals surface area contributed by atoms with E-state index in [1.807, 2.05) is 18.2 Å². The number of hydrogen-bond donors (Lipinski definition) is 1. The number of rotatable bonds is 4. The molecule has 1 N–H and O–H groups in total. The van der Waals surface area contributed by atoms with Crippen LogP contribution in [-0.4, -0.2) is 0 Å². The Hall–Kier alpha value is -0.990. The van der Waals surface area contributed by atoms with Gasteiger partial charge in [-0.25, -0.2) is 0 Å². The van der Waals surface area contributed by atoms with E-state index in [1.54, 1.807) is 0 Å². The van der Waals surface area contributed by atoms with Gasteiger partial charge in [0.15, 0.2) is 0 Å². The van der Waals surface area contributed by atoms with Crippen LogP contribution in [0, 0.1) is 0 Å². The molecule has 1 fully saturated rings. The van der Waals surface area contributed by atoms with Gasteiger partial charge in [-0.15, -0.1) is 0 Å². The molecule has 2 aromatic rings. The van der Waals surface area contributed by atoms with Gasteiger partial charge in [0.05, 0.1) is 10.7 Å². The lowest BCUT2D eigenvalue weighted by Crippen LogP contribution is -2.00. The molecular formula is C16H15BrClN. The summed E-state index contributed by atoms with van der Waals surface area (Å²) in [4.78, 5) is 0. The first kappa shape index (κ1) is 13.0. The van der Waals surface area contributed by atoms with Gasteiger partial charge < -0.3 is 5.32 Å². The molecule has 0 aromatic heterocycles. The number of halogens is 2. The lowest BCUT2D eigenvalue weighted by atomic mass is 10.1. The van der Waals surface area contributed by atoms with Gasteiger partial charge in [0.2, 0.25) is 0 Å². The lowest BCUT2D eigenvalue weighted by molar-refractivity contribution is 1.08. The quantitative estimate of drug-likeness (QED) is 0.767. The second-order valence-corrected chi connectivity index (χ2v) is 6.32. The van der Waals surface area contributed by atoms with Crippen molar-refractivity contribution >= 4 is 33.2 Å². The number of anilines is 1. The molecule has 1 aliphatic carbocycles. The van der Waals surface area contributed by atoms with Crippen molar-refractivity contribution in [2.45, 2.75) is 25.3 Å². The van der Waals surface area contributed by atoms with Gasteiger partial charge in [-0.1, -0.05) is 51.8 Å². The minimum atomic E-state index is 0.751. The summed E-state index contributed by atoms with van der Waals surface area (Å²) in [5.41, 5.74) is 3.74. The van der Waals surface area contributed by atoms with E-state index >= 15 is 0 Å². The maximum Gasteiger partial charge on any atom is 0.0638 e. The minimum absolute atomic E-state index is 0.751. The summed E-state index contributed by atoms with van der Waals surface area (Å²) in [5, 5.41) is 4.15. The molecule has 1 saturated carbocycles. The van der Waals surface area contributed by atoms with Crippen molar-refractivity contribution in [3.63, 3.8) is 0 Å². The maximum absolute atomic E-state index is 6.17. The van der Waals surface area contributed by atoms with Crippen LogP contribution in [-0.2, 0) is 6.54 Å². The number of hydrogen-bond acceptors (Lipinski definition) is 1. The first-order valence-corrected chi connectivity index (χ1v) is 7.67. The Labute approximate surface area is 127 Å². The van der Waals surface area contributed by atoms with Gasteiger partial charge in [-0.2, -0.15) is 0 Å². The Morgan fingerprint density at radius 1 is 1.16 bits per heavy atom. The van der Waals surface area contributed by atoms with Crippen molar-refractivity contribution < 1.29 is 0 Å². The summed E-state index contributed by atoms with van der Waals surface area (Å²) in [5.74, 6) is 0.800. The Balaban J connectivity index is 1.71. The molecular weight excluding hydrogens is 322 g/mol. The van der Waals surface area contributed by atoms with Crippen molar-refractivity contribution in [2.75, 3.05) is 5.32 Å². The zero-order chi connectivity index (χ0) is 13.2. The normalized spacial score (nSPS) is 14.4. The molecule has 2 aromatic carbocycles. The summed E-state index contributed by atoms with van der Waals surface area (Å²) in [7, 11) is 0. The predicted octanol–water partition coefficient (Wildman–Crippen LogP) is 5.59. The molecule has 1 aliphatic rings. The molecule has 0 aliphatic heterocycles. The molecule has 1 nitrogen and oxygen atoms in total. The molecule has 0 amide bonds. The van der Waals surface area contributed by atoms with E-state index in [2.05, 4.69) is 45.5 Å². The molecule has 3 rings (SSSR count). The summed E-state index contributed by atoms with van der Waals surface area (Å²) >= 11 is 9.63. The van der Waals surface area contributed by atoms with Crippen LogP contribution in [0.25, 0.3) is 0 Å². The highest BCUT2D eigenvalue weighted by Gasteiger charge is 2.23. The van der Waals surface area contributed by atoms with Gasteiger partial charge in [0.1, 0.15) is 0 Å². The van der Waals surface area contributed by atoms with E-state index in [4.69, 9.17) is 11.6 Å². The van der Waals surface area contributed by atoms with Gasteiger partial charge in [0, 0.05) is 11.0 Å². The zero-order valence-corrected chi connectivity index (χ0v) is 12.8. The smallest absolute Gasteiger partial charge is 0.0638 e. The van der Waals surface area contributed by atoms with E-state index in [-0.39, 0.29) is 0 Å². The Morgan fingerprint density at radius 2 is 2.00 bits per heavy atom. The first-order valence-electron chi connectivity index (χ1n) is 6.50. The molecule has 98 valence electrons. The summed E-state index contributed by atoms with van der Waals surface area (Å²) in [6.45, 7) is 0.802. The zero-order valence-electron chi connectivity index (χ0n) is 10.5. The minimum Gasteiger partial charge on any atom is -0.380 e. The topological polar surface area (TPSA) is 12.0 Å². The average molecular weight is 337 g/mol. The molecule has 3 heteroatoms. The second kappa shape index (κ2) is 5.56. The monoisotopic (exact) mass is 335 g/mol. The fourth-order valence-electron chi connectivity index (χ4n) is 2.20. The lowest BCUT2D eigenvalue weighted by Gasteiger charge is -2.10. The third-order valence-electron chi connectivity index (χ3n) is 3.41. The van der Waals surface area contributed by atoms with Crippen LogP contribution in [0.15, 0.2) is 46.9 Å². The summed E-state index contributed by atoms with van der Waals surface area (Å²) < 4.78 is 1.03. The van der Waals surface area contributed by atoms with Crippen molar-refractivity contribution in [1.29, 1.82) is 0 Å². The average Bonchev–Trinajstić information content (AvgIpc) is 3.25. The van der Waals surface area contributed by atoms with Crippen LogP contribution in [0.5, 0.6) is 0 Å². The van der Waals surface area contributed by atoms with E-state index in [9.17, 15) is 0 Å². The van der Waals surface area contributed by atoms with E-state index in [0.29, 0.717) is 0 Å². The Bertz CT molecular complexity index is 593. The Kier molecular flexibility index (Phi) is 3.81. The van der Waals surface area contributed by atoms with Crippen molar-refractivity contribution in [2.24, 2.45) is 0 Å². The first-order chi connectivity index (χ1) is 9.22. The molecule has 0 bridgehead atoms. The Morgan fingerprint density at radius 3 is 2.79 bits per heavy atom. The highest BCUT2D eigenvalue weighted by Crippen LogP contribution is 2.40. The fourth-order valence-corrected chi connectivity index (χ4v) is 2.75. The van der Waals surface area contributed by atoms with E-state index in [1.165, 1.54) is 24.0 Å². The fraction of sp³-hybridized carbons (Fsp3) is 0.250. The third-order valence-corrected chi connectivity index (χ3v) is 4.23. The molecule has 0 unspecified atom stereocenters. The molecule has 0 atom stereocenters. The molecule has 19 heavy (non-hydrogen) atoms. The van der Waals surface area contributed by atoms with Crippen molar-refractivity contribution in [3.05, 3.63) is 63.1 Å². The van der Waals surface area contributed by atoms with E-state index in [0.717, 1.165) is 27.6 Å². The third kappa shape index (κ3) is 3.31. The number of nitrogens with one attached hydrogen (secondary N) is 1. The largest absolute Gasteiger partial charge is 0.380 e.